The van der Waals surface area contributed by atoms with Gasteiger partial charge in [-0.05, 0) is 32.9 Å². The third-order valence-corrected chi connectivity index (χ3v) is 3.17. The monoisotopic (exact) mass is 299 g/mol. The van der Waals surface area contributed by atoms with Gasteiger partial charge in [0, 0.05) is 0 Å². The van der Waals surface area contributed by atoms with Crippen molar-refractivity contribution >= 4 is 0 Å². The summed E-state index contributed by atoms with van der Waals surface area (Å²) in [5, 5.41) is 12.2. The van der Waals surface area contributed by atoms with Crippen molar-refractivity contribution in [3.63, 3.8) is 0 Å². The van der Waals surface area contributed by atoms with Crippen molar-refractivity contribution in [2.75, 3.05) is 7.11 Å². The van der Waals surface area contributed by atoms with Gasteiger partial charge in [-0.1, -0.05) is 22.5 Å². The molecule has 0 aliphatic heterocycles. The van der Waals surface area contributed by atoms with E-state index >= 15 is 0 Å². The summed E-state index contributed by atoms with van der Waals surface area (Å²) in [4.78, 5) is 4.38. The van der Waals surface area contributed by atoms with Crippen LogP contribution in [0.4, 0.5) is 0 Å². The molecule has 7 nitrogen and oxygen atoms in total. The van der Waals surface area contributed by atoms with Gasteiger partial charge in [-0.2, -0.15) is 4.98 Å². The molecule has 7 heteroatoms. The molecule has 2 aromatic heterocycles. The van der Waals surface area contributed by atoms with Crippen molar-refractivity contribution in [2.45, 2.75) is 26.3 Å². The average molecular weight is 299 g/mol. The summed E-state index contributed by atoms with van der Waals surface area (Å²) in [5.41, 5.74) is 1.16. The summed E-state index contributed by atoms with van der Waals surface area (Å²) in [5.74, 6) is 1.47. The Morgan fingerprint density at radius 2 is 1.95 bits per heavy atom. The summed E-state index contributed by atoms with van der Waals surface area (Å²) < 4.78 is 12.4. The third-order valence-electron chi connectivity index (χ3n) is 3.17. The fourth-order valence-electron chi connectivity index (χ4n) is 1.96. The van der Waals surface area contributed by atoms with Crippen LogP contribution in [0.3, 0.4) is 0 Å². The van der Waals surface area contributed by atoms with Crippen molar-refractivity contribution < 1.29 is 9.26 Å². The first kappa shape index (κ1) is 14.2. The summed E-state index contributed by atoms with van der Waals surface area (Å²) in [6.07, 6.45) is 1.79. The molecule has 0 saturated heterocycles. The number of benzene rings is 1. The van der Waals surface area contributed by atoms with Gasteiger partial charge in [0.05, 0.1) is 24.4 Å². The van der Waals surface area contributed by atoms with Crippen LogP contribution in [0.25, 0.3) is 23.0 Å². The molecule has 0 aliphatic rings. The molecule has 1 aromatic carbocycles. The molecule has 0 spiro atoms. The maximum atomic E-state index is 5.31. The Bertz CT molecular complexity index is 785. The standard InChI is InChI=1S/C15H17N5O2/c1-15(2,3)20-9-11(17-19-20)14-16-13(18-22-14)10-7-5-6-8-12(10)21-4/h5-9H,1-4H3. The minimum absolute atomic E-state index is 0.156. The molecule has 0 radical (unpaired) electrons. The lowest BCUT2D eigenvalue weighted by molar-refractivity contribution is 0.347. The summed E-state index contributed by atoms with van der Waals surface area (Å²) >= 11 is 0. The van der Waals surface area contributed by atoms with Crippen LogP contribution in [0, 0.1) is 0 Å². The second-order valence-corrected chi connectivity index (χ2v) is 5.84. The molecule has 0 fully saturated rings. The van der Waals surface area contributed by atoms with Gasteiger partial charge in [-0.3, -0.25) is 0 Å². The Labute approximate surface area is 127 Å². The highest BCUT2D eigenvalue weighted by Gasteiger charge is 2.20. The lowest BCUT2D eigenvalue weighted by Gasteiger charge is -2.17. The second kappa shape index (κ2) is 5.25. The molecule has 0 amide bonds. The normalized spacial score (nSPS) is 11.6. The fourth-order valence-corrected chi connectivity index (χ4v) is 1.96. The SMILES string of the molecule is COc1ccccc1-c1noc(-c2cn(C(C)(C)C)nn2)n1. The van der Waals surface area contributed by atoms with Crippen LogP contribution in [-0.4, -0.2) is 32.2 Å². The Kier molecular flexibility index (Phi) is 3.40. The van der Waals surface area contributed by atoms with Crippen molar-refractivity contribution in [1.82, 2.24) is 25.1 Å². The van der Waals surface area contributed by atoms with Crippen LogP contribution in [-0.2, 0) is 5.54 Å². The van der Waals surface area contributed by atoms with Crippen molar-refractivity contribution in [2.24, 2.45) is 0 Å². The molecular formula is C15H17N5O2. The number of nitrogens with zero attached hydrogens (tertiary/aromatic N) is 5. The van der Waals surface area contributed by atoms with Crippen LogP contribution < -0.4 is 4.74 Å². The molecule has 0 atom stereocenters. The number of hydrogen-bond acceptors (Lipinski definition) is 6. The molecule has 3 aromatic rings. The molecule has 0 bridgehead atoms. The number of ether oxygens (including phenoxy) is 1. The van der Waals surface area contributed by atoms with Crippen molar-refractivity contribution in [3.05, 3.63) is 30.5 Å². The smallest absolute Gasteiger partial charge is 0.280 e. The van der Waals surface area contributed by atoms with Crippen LogP contribution in [0.5, 0.6) is 5.75 Å². The molecule has 0 N–H and O–H groups in total. The van der Waals surface area contributed by atoms with Gasteiger partial charge in [0.25, 0.3) is 5.89 Å². The summed E-state index contributed by atoms with van der Waals surface area (Å²) in [6, 6.07) is 7.50. The van der Waals surface area contributed by atoms with Crippen LogP contribution in [0.1, 0.15) is 20.8 Å². The topological polar surface area (TPSA) is 78.9 Å². The van der Waals surface area contributed by atoms with E-state index in [-0.39, 0.29) is 5.54 Å². The van der Waals surface area contributed by atoms with Crippen molar-refractivity contribution in [1.29, 1.82) is 0 Å². The fraction of sp³-hybridized carbons (Fsp3) is 0.333. The third kappa shape index (κ3) is 2.57. The maximum Gasteiger partial charge on any atom is 0.280 e. The first-order valence-electron chi connectivity index (χ1n) is 6.89. The lowest BCUT2D eigenvalue weighted by atomic mass is 10.1. The summed E-state index contributed by atoms with van der Waals surface area (Å²) in [7, 11) is 1.61. The van der Waals surface area contributed by atoms with E-state index in [1.54, 1.807) is 18.0 Å². The van der Waals surface area contributed by atoms with Gasteiger partial charge in [0.15, 0.2) is 5.69 Å². The zero-order valence-corrected chi connectivity index (χ0v) is 12.9. The van der Waals surface area contributed by atoms with Gasteiger partial charge >= 0.3 is 0 Å². The minimum Gasteiger partial charge on any atom is -0.496 e. The van der Waals surface area contributed by atoms with E-state index in [1.807, 2.05) is 45.0 Å². The molecule has 22 heavy (non-hydrogen) atoms. The van der Waals surface area contributed by atoms with Gasteiger partial charge in [0.2, 0.25) is 5.82 Å². The Morgan fingerprint density at radius 3 is 2.64 bits per heavy atom. The highest BCUT2D eigenvalue weighted by Crippen LogP contribution is 2.28. The predicted octanol–water partition coefficient (Wildman–Crippen LogP) is 2.76. The minimum atomic E-state index is -0.156. The summed E-state index contributed by atoms with van der Waals surface area (Å²) in [6.45, 7) is 6.12. The maximum absolute atomic E-state index is 5.31. The van der Waals surface area contributed by atoms with E-state index in [1.165, 1.54) is 0 Å². The highest BCUT2D eigenvalue weighted by molar-refractivity contribution is 5.64. The van der Waals surface area contributed by atoms with Gasteiger partial charge < -0.3 is 9.26 Å². The van der Waals surface area contributed by atoms with Crippen LogP contribution in [0.2, 0.25) is 0 Å². The largest absolute Gasteiger partial charge is 0.496 e. The van der Waals surface area contributed by atoms with Crippen LogP contribution in [0.15, 0.2) is 35.0 Å². The van der Waals surface area contributed by atoms with Gasteiger partial charge in [-0.15, -0.1) is 5.10 Å². The molecule has 0 saturated carbocycles. The van der Waals surface area contributed by atoms with Gasteiger partial charge in [0.1, 0.15) is 5.75 Å². The number of methoxy groups -OCH3 is 1. The lowest BCUT2D eigenvalue weighted by Crippen LogP contribution is -2.22. The van der Waals surface area contributed by atoms with Crippen LogP contribution >= 0.6 is 0 Å². The molecule has 3 rings (SSSR count). The zero-order valence-electron chi connectivity index (χ0n) is 12.9. The molecule has 2 heterocycles. The number of para-hydroxylation sites is 1. The number of rotatable bonds is 3. The van der Waals surface area contributed by atoms with E-state index in [0.29, 0.717) is 23.2 Å². The molecule has 0 unspecified atom stereocenters. The molecule has 0 aliphatic carbocycles. The van der Waals surface area contributed by atoms with E-state index in [9.17, 15) is 0 Å². The first-order valence-corrected chi connectivity index (χ1v) is 6.89. The molecule has 114 valence electrons. The highest BCUT2D eigenvalue weighted by atomic mass is 16.5. The predicted molar refractivity (Wildman–Crippen MR) is 80.3 cm³/mol. The first-order chi connectivity index (χ1) is 10.5. The Hall–Kier alpha value is -2.70. The average Bonchev–Trinajstić information content (AvgIpc) is 3.15. The van der Waals surface area contributed by atoms with E-state index in [4.69, 9.17) is 9.26 Å². The quantitative estimate of drug-likeness (QED) is 0.740. The second-order valence-electron chi connectivity index (χ2n) is 5.84. The van der Waals surface area contributed by atoms with E-state index in [0.717, 1.165) is 5.56 Å². The Morgan fingerprint density at radius 1 is 1.18 bits per heavy atom. The van der Waals surface area contributed by atoms with Gasteiger partial charge in [-0.25, -0.2) is 4.68 Å². The number of aromatic nitrogens is 5. The molecular weight excluding hydrogens is 282 g/mol. The van der Waals surface area contributed by atoms with Crippen molar-refractivity contribution in [3.8, 4) is 28.7 Å². The van der Waals surface area contributed by atoms with E-state index < -0.39 is 0 Å². The zero-order chi connectivity index (χ0) is 15.7. The van der Waals surface area contributed by atoms with E-state index in [2.05, 4.69) is 20.5 Å². The number of hydrogen-bond donors (Lipinski definition) is 0. The Balaban J connectivity index is 1.96.